The smallest absolute Gasteiger partial charge is 0.253 e. The van der Waals surface area contributed by atoms with Gasteiger partial charge in [-0.25, -0.2) is 0 Å². The number of benzene rings is 2. The maximum absolute atomic E-state index is 12.8. The predicted octanol–water partition coefficient (Wildman–Crippen LogP) is 4.78. The van der Waals surface area contributed by atoms with Crippen LogP contribution in [0.4, 0.5) is 0 Å². The fourth-order valence-electron chi connectivity index (χ4n) is 3.17. The van der Waals surface area contributed by atoms with Gasteiger partial charge in [-0.05, 0) is 60.2 Å². The highest BCUT2D eigenvalue weighted by Gasteiger charge is 2.19. The Balaban J connectivity index is 1.95. The van der Waals surface area contributed by atoms with Gasteiger partial charge >= 0.3 is 0 Å². The lowest BCUT2D eigenvalue weighted by molar-refractivity contribution is 0.0724. The fourth-order valence-corrected chi connectivity index (χ4v) is 3.29. The van der Waals surface area contributed by atoms with E-state index in [1.807, 2.05) is 47.4 Å². The van der Waals surface area contributed by atoms with Gasteiger partial charge < -0.3 is 9.64 Å². The summed E-state index contributed by atoms with van der Waals surface area (Å²) in [5.41, 5.74) is 3.87. The highest BCUT2D eigenvalue weighted by Crippen LogP contribution is 2.28. The van der Waals surface area contributed by atoms with Crippen molar-refractivity contribution in [3.05, 3.63) is 58.6 Å². The van der Waals surface area contributed by atoms with E-state index < -0.39 is 0 Å². The molecule has 0 atom stereocenters. The largest absolute Gasteiger partial charge is 0.380 e. The molecule has 126 valence electrons. The Bertz CT molecular complexity index is 706. The minimum Gasteiger partial charge on any atom is -0.380 e. The van der Waals surface area contributed by atoms with Crippen LogP contribution in [0.15, 0.2) is 42.5 Å². The number of amides is 1. The van der Waals surface area contributed by atoms with Gasteiger partial charge in [-0.15, -0.1) is 0 Å². The maximum atomic E-state index is 12.8. The minimum atomic E-state index is 0.119. The molecule has 1 saturated heterocycles. The molecule has 0 radical (unpaired) electrons. The second-order valence-electron chi connectivity index (χ2n) is 6.16. The van der Waals surface area contributed by atoms with Crippen molar-refractivity contribution in [2.24, 2.45) is 0 Å². The standard InChI is InChI=1S/C20H22ClNO2/c1-24-14-17-6-5-16(20(23)22-11-3-2-4-12-22)13-19(17)15-7-9-18(21)10-8-15/h5-10,13H,2-4,11-12,14H2,1H3. The van der Waals surface area contributed by atoms with Crippen LogP contribution in [0.25, 0.3) is 11.1 Å². The van der Waals surface area contributed by atoms with Crippen LogP contribution in [0.3, 0.4) is 0 Å². The summed E-state index contributed by atoms with van der Waals surface area (Å²) in [6.07, 6.45) is 3.40. The van der Waals surface area contributed by atoms with E-state index in [4.69, 9.17) is 16.3 Å². The molecule has 3 rings (SSSR count). The van der Waals surface area contributed by atoms with Crippen molar-refractivity contribution in [1.82, 2.24) is 4.90 Å². The van der Waals surface area contributed by atoms with E-state index in [9.17, 15) is 4.79 Å². The lowest BCUT2D eigenvalue weighted by atomic mass is 9.97. The SMILES string of the molecule is COCc1ccc(C(=O)N2CCCCC2)cc1-c1ccc(Cl)cc1. The number of halogens is 1. The normalized spacial score (nSPS) is 14.7. The third-order valence-electron chi connectivity index (χ3n) is 4.46. The summed E-state index contributed by atoms with van der Waals surface area (Å²) in [4.78, 5) is 14.7. The number of ether oxygens (including phenoxy) is 1. The number of hydrogen-bond donors (Lipinski definition) is 0. The first kappa shape index (κ1) is 17.0. The molecule has 4 heteroatoms. The quantitative estimate of drug-likeness (QED) is 0.799. The van der Waals surface area contributed by atoms with Gasteiger partial charge in [0.25, 0.3) is 5.91 Å². The summed E-state index contributed by atoms with van der Waals surface area (Å²) in [5.74, 6) is 0.119. The summed E-state index contributed by atoms with van der Waals surface area (Å²) < 4.78 is 5.31. The molecule has 1 heterocycles. The molecule has 0 spiro atoms. The molecule has 2 aromatic carbocycles. The lowest BCUT2D eigenvalue weighted by Crippen LogP contribution is -2.35. The Morgan fingerprint density at radius 2 is 1.79 bits per heavy atom. The van der Waals surface area contributed by atoms with Gasteiger partial charge in [-0.3, -0.25) is 4.79 Å². The van der Waals surface area contributed by atoms with Gasteiger partial charge in [0.1, 0.15) is 0 Å². The Hall–Kier alpha value is -1.84. The average molecular weight is 344 g/mol. The van der Waals surface area contributed by atoms with Crippen molar-refractivity contribution < 1.29 is 9.53 Å². The number of piperidine rings is 1. The van der Waals surface area contributed by atoms with Gasteiger partial charge in [0.15, 0.2) is 0 Å². The molecule has 0 aromatic heterocycles. The molecular weight excluding hydrogens is 322 g/mol. The first-order valence-corrected chi connectivity index (χ1v) is 8.74. The number of likely N-dealkylation sites (tertiary alicyclic amines) is 1. The number of carbonyl (C=O) groups is 1. The third kappa shape index (κ3) is 3.80. The van der Waals surface area contributed by atoms with Crippen molar-refractivity contribution in [2.45, 2.75) is 25.9 Å². The summed E-state index contributed by atoms with van der Waals surface area (Å²) in [6, 6.07) is 13.6. The molecule has 1 aliphatic heterocycles. The van der Waals surface area contributed by atoms with Crippen LogP contribution in [-0.4, -0.2) is 31.0 Å². The Morgan fingerprint density at radius 1 is 1.08 bits per heavy atom. The van der Waals surface area contributed by atoms with E-state index in [0.717, 1.165) is 48.2 Å². The molecule has 1 aliphatic rings. The van der Waals surface area contributed by atoms with Crippen molar-refractivity contribution in [2.75, 3.05) is 20.2 Å². The predicted molar refractivity (Wildman–Crippen MR) is 97.4 cm³/mol. The molecule has 1 amide bonds. The van der Waals surface area contributed by atoms with Crippen LogP contribution in [0.1, 0.15) is 35.2 Å². The summed E-state index contributed by atoms with van der Waals surface area (Å²) in [7, 11) is 1.68. The summed E-state index contributed by atoms with van der Waals surface area (Å²) in [5, 5.41) is 0.701. The van der Waals surface area contributed by atoms with E-state index in [-0.39, 0.29) is 5.91 Å². The molecular formula is C20H22ClNO2. The number of methoxy groups -OCH3 is 1. The Morgan fingerprint density at radius 3 is 2.46 bits per heavy atom. The van der Waals surface area contributed by atoms with Crippen LogP contribution in [-0.2, 0) is 11.3 Å². The number of rotatable bonds is 4. The van der Waals surface area contributed by atoms with Gasteiger partial charge in [0.2, 0.25) is 0 Å². The third-order valence-corrected chi connectivity index (χ3v) is 4.71. The van der Waals surface area contributed by atoms with Gasteiger partial charge in [-0.2, -0.15) is 0 Å². The molecule has 3 nitrogen and oxygen atoms in total. The van der Waals surface area contributed by atoms with Gasteiger partial charge in [0, 0.05) is 30.8 Å². The Kier molecular flexibility index (Phi) is 5.54. The van der Waals surface area contributed by atoms with Crippen LogP contribution < -0.4 is 0 Å². The van der Waals surface area contributed by atoms with E-state index >= 15 is 0 Å². The van der Waals surface area contributed by atoms with Crippen LogP contribution in [0.5, 0.6) is 0 Å². The van der Waals surface area contributed by atoms with Crippen LogP contribution in [0, 0.1) is 0 Å². The Labute approximate surface area is 148 Å². The summed E-state index contributed by atoms with van der Waals surface area (Å²) >= 11 is 6.00. The fraction of sp³-hybridized carbons (Fsp3) is 0.350. The highest BCUT2D eigenvalue weighted by atomic mass is 35.5. The van der Waals surface area contributed by atoms with Crippen molar-refractivity contribution in [1.29, 1.82) is 0 Å². The van der Waals surface area contributed by atoms with Crippen LogP contribution in [0.2, 0.25) is 5.02 Å². The zero-order valence-corrected chi connectivity index (χ0v) is 14.7. The molecule has 2 aromatic rings. The van der Waals surface area contributed by atoms with E-state index in [2.05, 4.69) is 0 Å². The first-order valence-electron chi connectivity index (χ1n) is 8.36. The maximum Gasteiger partial charge on any atom is 0.253 e. The second kappa shape index (κ2) is 7.82. The average Bonchev–Trinajstić information content (AvgIpc) is 2.63. The molecule has 0 aliphatic carbocycles. The first-order chi connectivity index (χ1) is 11.7. The van der Waals surface area contributed by atoms with Gasteiger partial charge in [0.05, 0.1) is 6.61 Å². The highest BCUT2D eigenvalue weighted by molar-refractivity contribution is 6.30. The van der Waals surface area contributed by atoms with Crippen molar-refractivity contribution in [3.63, 3.8) is 0 Å². The number of hydrogen-bond acceptors (Lipinski definition) is 2. The second-order valence-corrected chi connectivity index (χ2v) is 6.60. The molecule has 0 unspecified atom stereocenters. The molecule has 1 fully saturated rings. The lowest BCUT2D eigenvalue weighted by Gasteiger charge is -2.27. The number of carbonyl (C=O) groups excluding carboxylic acids is 1. The topological polar surface area (TPSA) is 29.5 Å². The van der Waals surface area contributed by atoms with Gasteiger partial charge in [-0.1, -0.05) is 29.8 Å². The van der Waals surface area contributed by atoms with E-state index in [0.29, 0.717) is 11.6 Å². The van der Waals surface area contributed by atoms with Crippen molar-refractivity contribution in [3.8, 4) is 11.1 Å². The zero-order valence-electron chi connectivity index (χ0n) is 13.9. The van der Waals surface area contributed by atoms with E-state index in [1.165, 1.54) is 6.42 Å². The zero-order chi connectivity index (χ0) is 16.9. The minimum absolute atomic E-state index is 0.119. The monoisotopic (exact) mass is 343 g/mol. The molecule has 0 saturated carbocycles. The molecule has 0 N–H and O–H groups in total. The molecule has 24 heavy (non-hydrogen) atoms. The molecule has 0 bridgehead atoms. The number of nitrogens with zero attached hydrogens (tertiary/aromatic N) is 1. The summed E-state index contributed by atoms with van der Waals surface area (Å²) in [6.45, 7) is 2.22. The van der Waals surface area contributed by atoms with Crippen LogP contribution >= 0.6 is 11.6 Å². The van der Waals surface area contributed by atoms with E-state index in [1.54, 1.807) is 7.11 Å². The van der Waals surface area contributed by atoms with Crippen molar-refractivity contribution >= 4 is 17.5 Å².